The van der Waals surface area contributed by atoms with E-state index in [9.17, 15) is 5.11 Å². The van der Waals surface area contributed by atoms with Crippen LogP contribution in [0.1, 0.15) is 37.7 Å². The maximum absolute atomic E-state index is 9.69. The van der Waals surface area contributed by atoms with Crippen LogP contribution in [0.4, 0.5) is 0 Å². The van der Waals surface area contributed by atoms with Gasteiger partial charge in [-0.05, 0) is 44.7 Å². The number of fused-ring (bicyclic) bond motifs is 1. The fraction of sp³-hybridized carbons (Fsp3) is 0.800. The number of aryl methyl sites for hydroxylation is 1. The van der Waals surface area contributed by atoms with Crippen molar-refractivity contribution >= 4 is 0 Å². The largest absolute Gasteiger partial charge is 0.393 e. The summed E-state index contributed by atoms with van der Waals surface area (Å²) in [6, 6.07) is 0. The molecule has 3 heterocycles. The predicted octanol–water partition coefficient (Wildman–Crippen LogP) is 1.46. The molecule has 1 N–H and O–H groups in total. The number of nitrogens with zero attached hydrogens (tertiary/aromatic N) is 3. The summed E-state index contributed by atoms with van der Waals surface area (Å²) in [5.41, 5.74) is 1.23. The second kappa shape index (κ2) is 5.63. The molecule has 2 aliphatic rings. The number of aromatic nitrogens is 2. The molecule has 3 rings (SSSR count). The van der Waals surface area contributed by atoms with Gasteiger partial charge in [-0.1, -0.05) is 6.92 Å². The summed E-state index contributed by atoms with van der Waals surface area (Å²) < 4.78 is 2.24. The summed E-state index contributed by atoms with van der Waals surface area (Å²) in [5.74, 6) is 1.84. The van der Waals surface area contributed by atoms with Crippen molar-refractivity contribution < 1.29 is 5.11 Å². The van der Waals surface area contributed by atoms with E-state index in [1.165, 1.54) is 38.2 Å². The summed E-state index contributed by atoms with van der Waals surface area (Å²) in [6.07, 6.45) is 7.39. The van der Waals surface area contributed by atoms with Crippen LogP contribution >= 0.6 is 0 Å². The maximum atomic E-state index is 9.69. The first-order valence-electron chi connectivity index (χ1n) is 7.70. The molecule has 0 amide bonds. The van der Waals surface area contributed by atoms with Gasteiger partial charge in [0.25, 0.3) is 0 Å². The van der Waals surface area contributed by atoms with Crippen molar-refractivity contribution in [2.24, 2.45) is 5.92 Å². The molecule has 19 heavy (non-hydrogen) atoms. The fourth-order valence-electron chi connectivity index (χ4n) is 3.47. The van der Waals surface area contributed by atoms with Gasteiger partial charge in [0, 0.05) is 25.7 Å². The maximum Gasteiger partial charge on any atom is 0.111 e. The van der Waals surface area contributed by atoms with E-state index in [0.717, 1.165) is 37.5 Å². The Kier molecular flexibility index (Phi) is 3.89. The van der Waals surface area contributed by atoms with Gasteiger partial charge in [0.2, 0.25) is 0 Å². The third-order valence-corrected chi connectivity index (χ3v) is 4.58. The zero-order valence-electron chi connectivity index (χ0n) is 11.9. The van der Waals surface area contributed by atoms with Crippen LogP contribution in [-0.2, 0) is 19.4 Å². The van der Waals surface area contributed by atoms with Gasteiger partial charge < -0.3 is 14.6 Å². The third-order valence-electron chi connectivity index (χ3n) is 4.58. The SMILES string of the molecule is CCN1CCCC(Cc2cn3c(n2)CC(O)CC3)C1. The molecule has 2 unspecified atom stereocenters. The van der Waals surface area contributed by atoms with E-state index in [1.807, 2.05) is 0 Å². The van der Waals surface area contributed by atoms with Crippen LogP contribution in [0.2, 0.25) is 0 Å². The molecule has 106 valence electrons. The lowest BCUT2D eigenvalue weighted by molar-refractivity contribution is 0.141. The molecule has 1 aromatic heterocycles. The quantitative estimate of drug-likeness (QED) is 0.898. The first kappa shape index (κ1) is 13.1. The van der Waals surface area contributed by atoms with Crippen molar-refractivity contribution in [1.29, 1.82) is 0 Å². The Bertz CT molecular complexity index is 429. The molecule has 0 radical (unpaired) electrons. The van der Waals surface area contributed by atoms with E-state index < -0.39 is 0 Å². The third kappa shape index (κ3) is 3.00. The number of hydrogen-bond acceptors (Lipinski definition) is 3. The summed E-state index contributed by atoms with van der Waals surface area (Å²) in [7, 11) is 0. The highest BCUT2D eigenvalue weighted by Gasteiger charge is 2.22. The van der Waals surface area contributed by atoms with Crippen molar-refractivity contribution in [3.63, 3.8) is 0 Å². The fourth-order valence-corrected chi connectivity index (χ4v) is 3.47. The average Bonchev–Trinajstić information content (AvgIpc) is 2.80. The molecule has 2 atom stereocenters. The lowest BCUT2D eigenvalue weighted by atomic mass is 9.94. The highest BCUT2D eigenvalue weighted by molar-refractivity contribution is 5.08. The van der Waals surface area contributed by atoms with E-state index in [1.54, 1.807) is 0 Å². The van der Waals surface area contributed by atoms with Crippen molar-refractivity contribution in [3.8, 4) is 0 Å². The molecule has 4 nitrogen and oxygen atoms in total. The highest BCUT2D eigenvalue weighted by atomic mass is 16.3. The molecule has 0 aromatic carbocycles. The zero-order valence-corrected chi connectivity index (χ0v) is 11.9. The van der Waals surface area contributed by atoms with Gasteiger partial charge in [-0.2, -0.15) is 0 Å². The lowest BCUT2D eigenvalue weighted by Crippen LogP contribution is -2.35. The summed E-state index contributed by atoms with van der Waals surface area (Å²) in [4.78, 5) is 7.28. The number of likely N-dealkylation sites (tertiary alicyclic amines) is 1. The molecule has 0 aliphatic carbocycles. The molecule has 1 aromatic rings. The Morgan fingerprint density at radius 1 is 1.37 bits per heavy atom. The van der Waals surface area contributed by atoms with E-state index in [0.29, 0.717) is 0 Å². The van der Waals surface area contributed by atoms with Crippen LogP contribution in [0.3, 0.4) is 0 Å². The molecule has 0 spiro atoms. The topological polar surface area (TPSA) is 41.3 Å². The Balaban J connectivity index is 1.64. The number of aliphatic hydroxyl groups excluding tert-OH is 1. The smallest absolute Gasteiger partial charge is 0.111 e. The van der Waals surface area contributed by atoms with Gasteiger partial charge in [-0.15, -0.1) is 0 Å². The standard InChI is InChI=1S/C15H25N3O/c1-2-17-6-3-4-12(10-17)8-13-11-18-7-5-14(19)9-15(18)16-13/h11-12,14,19H,2-10H2,1H3. The summed E-state index contributed by atoms with van der Waals surface area (Å²) in [6.45, 7) is 6.83. The molecule has 0 bridgehead atoms. The predicted molar refractivity (Wildman–Crippen MR) is 75.1 cm³/mol. The van der Waals surface area contributed by atoms with E-state index in [4.69, 9.17) is 4.98 Å². The minimum Gasteiger partial charge on any atom is -0.393 e. The number of rotatable bonds is 3. The van der Waals surface area contributed by atoms with Crippen LogP contribution in [0.5, 0.6) is 0 Å². The molecule has 1 fully saturated rings. The van der Waals surface area contributed by atoms with Crippen LogP contribution < -0.4 is 0 Å². The minimum atomic E-state index is -0.187. The first-order valence-corrected chi connectivity index (χ1v) is 7.70. The number of imidazole rings is 1. The van der Waals surface area contributed by atoms with Crippen LogP contribution in [0.15, 0.2) is 6.20 Å². The van der Waals surface area contributed by atoms with Gasteiger partial charge >= 0.3 is 0 Å². The molecule has 4 heteroatoms. The van der Waals surface area contributed by atoms with Gasteiger partial charge in [0.05, 0.1) is 11.8 Å². The van der Waals surface area contributed by atoms with E-state index in [-0.39, 0.29) is 6.10 Å². The Morgan fingerprint density at radius 3 is 3.11 bits per heavy atom. The van der Waals surface area contributed by atoms with Crippen molar-refractivity contribution in [2.75, 3.05) is 19.6 Å². The monoisotopic (exact) mass is 263 g/mol. The minimum absolute atomic E-state index is 0.187. The van der Waals surface area contributed by atoms with Crippen molar-refractivity contribution in [2.45, 2.75) is 51.7 Å². The number of hydrogen-bond donors (Lipinski definition) is 1. The number of piperidine rings is 1. The van der Waals surface area contributed by atoms with Crippen LogP contribution in [0, 0.1) is 5.92 Å². The van der Waals surface area contributed by atoms with Gasteiger partial charge in [0.15, 0.2) is 0 Å². The summed E-state index contributed by atoms with van der Waals surface area (Å²) >= 11 is 0. The van der Waals surface area contributed by atoms with Crippen molar-refractivity contribution in [1.82, 2.24) is 14.5 Å². The Labute approximate surface area is 115 Å². The van der Waals surface area contributed by atoms with Crippen LogP contribution in [0.25, 0.3) is 0 Å². The second-order valence-corrected chi connectivity index (χ2v) is 6.09. The van der Waals surface area contributed by atoms with Crippen LogP contribution in [-0.4, -0.2) is 45.3 Å². The van der Waals surface area contributed by atoms with Gasteiger partial charge in [-0.25, -0.2) is 4.98 Å². The highest BCUT2D eigenvalue weighted by Crippen LogP contribution is 2.22. The normalized spacial score (nSPS) is 28.3. The Morgan fingerprint density at radius 2 is 2.26 bits per heavy atom. The van der Waals surface area contributed by atoms with E-state index in [2.05, 4.69) is 22.6 Å². The molecule has 0 saturated carbocycles. The molecular weight excluding hydrogens is 238 g/mol. The van der Waals surface area contributed by atoms with E-state index >= 15 is 0 Å². The summed E-state index contributed by atoms with van der Waals surface area (Å²) in [5, 5.41) is 9.69. The average molecular weight is 263 g/mol. The van der Waals surface area contributed by atoms with Gasteiger partial charge in [0.1, 0.15) is 5.82 Å². The molecule has 1 saturated heterocycles. The second-order valence-electron chi connectivity index (χ2n) is 6.09. The molecular formula is C15H25N3O. The number of aliphatic hydroxyl groups is 1. The zero-order chi connectivity index (χ0) is 13.2. The Hall–Kier alpha value is -0.870. The lowest BCUT2D eigenvalue weighted by Gasteiger charge is -2.31. The van der Waals surface area contributed by atoms with Crippen molar-refractivity contribution in [3.05, 3.63) is 17.7 Å². The first-order chi connectivity index (χ1) is 9.24. The van der Waals surface area contributed by atoms with Gasteiger partial charge in [-0.3, -0.25) is 0 Å². The molecule has 2 aliphatic heterocycles.